The Hall–Kier alpha value is -1.92. The number of hydrogen-bond donors (Lipinski definition) is 1. The summed E-state index contributed by atoms with van der Waals surface area (Å²) in [5.41, 5.74) is 1.06. The molecule has 8 heteroatoms. The fourth-order valence-electron chi connectivity index (χ4n) is 3.76. The van der Waals surface area contributed by atoms with Gasteiger partial charge in [0.2, 0.25) is 6.10 Å². The fourth-order valence-corrected chi connectivity index (χ4v) is 4.23. The first-order valence-electron chi connectivity index (χ1n) is 11.7. The van der Waals surface area contributed by atoms with Crippen molar-refractivity contribution in [2.45, 2.75) is 90.3 Å². The van der Waals surface area contributed by atoms with Crippen LogP contribution in [0.15, 0.2) is 23.8 Å². The SMILES string of the molecule is COC(=O)C(OC(=O)Nc1cc(OC(C)C)c(Cl)cc1Cl)/C1=C/CCCCCCCCCC1. The molecule has 33 heavy (non-hydrogen) atoms. The van der Waals surface area contributed by atoms with Crippen LogP contribution in [0.5, 0.6) is 5.75 Å². The molecule has 0 saturated heterocycles. The van der Waals surface area contributed by atoms with E-state index in [1.807, 2.05) is 19.9 Å². The van der Waals surface area contributed by atoms with Crippen molar-refractivity contribution in [2.75, 3.05) is 12.4 Å². The van der Waals surface area contributed by atoms with Crippen LogP contribution in [0, 0.1) is 0 Å². The number of nitrogens with one attached hydrogen (secondary N) is 1. The zero-order chi connectivity index (χ0) is 24.2. The van der Waals surface area contributed by atoms with Gasteiger partial charge in [0.05, 0.1) is 28.9 Å². The van der Waals surface area contributed by atoms with Crippen LogP contribution in [0.3, 0.4) is 0 Å². The summed E-state index contributed by atoms with van der Waals surface area (Å²) < 4.78 is 16.2. The number of carbonyl (C=O) groups excluding carboxylic acids is 2. The van der Waals surface area contributed by atoms with Crippen LogP contribution < -0.4 is 10.1 Å². The lowest BCUT2D eigenvalue weighted by Gasteiger charge is -2.20. The maximum atomic E-state index is 12.7. The Morgan fingerprint density at radius 3 is 2.21 bits per heavy atom. The van der Waals surface area contributed by atoms with E-state index in [0.29, 0.717) is 17.2 Å². The van der Waals surface area contributed by atoms with Crippen LogP contribution in [0.2, 0.25) is 10.0 Å². The summed E-state index contributed by atoms with van der Waals surface area (Å²) in [6.45, 7) is 3.73. The molecule has 2 rings (SSSR count). The number of hydrogen-bond acceptors (Lipinski definition) is 5. The summed E-state index contributed by atoms with van der Waals surface area (Å²) in [7, 11) is 1.29. The minimum atomic E-state index is -1.10. The number of halogens is 2. The molecule has 6 nitrogen and oxygen atoms in total. The number of ether oxygens (including phenoxy) is 3. The summed E-state index contributed by atoms with van der Waals surface area (Å²) in [5.74, 6) is -0.215. The van der Waals surface area contributed by atoms with E-state index in [1.54, 1.807) is 0 Å². The van der Waals surface area contributed by atoms with Crippen LogP contribution in [0.25, 0.3) is 0 Å². The Labute approximate surface area is 206 Å². The minimum absolute atomic E-state index is 0.111. The third-order valence-electron chi connectivity index (χ3n) is 5.42. The quantitative estimate of drug-likeness (QED) is 0.320. The summed E-state index contributed by atoms with van der Waals surface area (Å²) in [5, 5.41) is 3.16. The topological polar surface area (TPSA) is 73.9 Å². The summed E-state index contributed by atoms with van der Waals surface area (Å²) >= 11 is 12.4. The lowest BCUT2D eigenvalue weighted by Crippen LogP contribution is -2.32. The van der Waals surface area contributed by atoms with Gasteiger partial charge in [0, 0.05) is 6.07 Å². The Balaban J connectivity index is 2.16. The second kappa shape index (κ2) is 14.4. The van der Waals surface area contributed by atoms with Crippen molar-refractivity contribution in [1.29, 1.82) is 0 Å². The van der Waals surface area contributed by atoms with Gasteiger partial charge in [-0.1, -0.05) is 67.8 Å². The second-order valence-electron chi connectivity index (χ2n) is 8.51. The molecule has 0 heterocycles. The van der Waals surface area contributed by atoms with Crippen molar-refractivity contribution >= 4 is 41.0 Å². The van der Waals surface area contributed by atoms with E-state index in [0.717, 1.165) is 37.7 Å². The molecule has 184 valence electrons. The van der Waals surface area contributed by atoms with Crippen molar-refractivity contribution in [3.8, 4) is 5.75 Å². The highest BCUT2D eigenvalue weighted by Crippen LogP contribution is 2.35. The number of benzene rings is 1. The van der Waals surface area contributed by atoms with Crippen LogP contribution in [0.4, 0.5) is 10.5 Å². The highest BCUT2D eigenvalue weighted by atomic mass is 35.5. The molecule has 0 bridgehead atoms. The molecule has 0 fully saturated rings. The largest absolute Gasteiger partial charge is 0.489 e. The molecule has 1 aliphatic carbocycles. The van der Waals surface area contributed by atoms with Gasteiger partial charge in [-0.15, -0.1) is 0 Å². The Morgan fingerprint density at radius 1 is 0.939 bits per heavy atom. The third-order valence-corrected chi connectivity index (χ3v) is 6.03. The van der Waals surface area contributed by atoms with Crippen molar-refractivity contribution in [1.82, 2.24) is 0 Å². The Morgan fingerprint density at radius 2 is 1.58 bits per heavy atom. The fraction of sp³-hybridized carbons (Fsp3) is 0.600. The molecule has 0 saturated carbocycles. The number of anilines is 1. The molecular formula is C25H35Cl2NO5. The summed E-state index contributed by atoms with van der Waals surface area (Å²) in [6, 6.07) is 3.03. The van der Waals surface area contributed by atoms with Crippen LogP contribution in [0.1, 0.15) is 78.1 Å². The first-order valence-corrected chi connectivity index (χ1v) is 12.5. The van der Waals surface area contributed by atoms with Crippen LogP contribution in [-0.2, 0) is 14.3 Å². The maximum absolute atomic E-state index is 12.7. The highest BCUT2D eigenvalue weighted by molar-refractivity contribution is 6.37. The normalized spacial score (nSPS) is 18.2. The monoisotopic (exact) mass is 499 g/mol. The molecule has 1 amide bonds. The molecular weight excluding hydrogens is 465 g/mol. The van der Waals surface area contributed by atoms with Crippen LogP contribution in [-0.4, -0.2) is 31.4 Å². The number of rotatable bonds is 6. The van der Waals surface area contributed by atoms with Gasteiger partial charge in [-0.05, 0) is 51.2 Å². The molecule has 1 aromatic rings. The molecule has 0 aliphatic heterocycles. The standard InChI is InChI=1S/C25H35Cl2NO5/c1-17(2)32-22-16-21(19(26)15-20(22)27)28-25(30)33-23(24(29)31-3)18-13-11-9-7-5-4-6-8-10-12-14-18/h13,15-17,23H,4-12,14H2,1-3H3,(H,28,30)/b18-13+. The summed E-state index contributed by atoms with van der Waals surface area (Å²) in [6.07, 6.45) is 10.7. The number of carbonyl (C=O) groups is 2. The van der Waals surface area contributed by atoms with E-state index in [1.165, 1.54) is 44.9 Å². The highest BCUT2D eigenvalue weighted by Gasteiger charge is 2.28. The third kappa shape index (κ3) is 9.46. The molecule has 0 radical (unpaired) electrons. The average molecular weight is 500 g/mol. The second-order valence-corrected chi connectivity index (χ2v) is 9.32. The zero-order valence-electron chi connectivity index (χ0n) is 19.8. The van der Waals surface area contributed by atoms with Gasteiger partial charge in [0.15, 0.2) is 0 Å². The predicted molar refractivity (Wildman–Crippen MR) is 132 cm³/mol. The first-order chi connectivity index (χ1) is 15.8. The maximum Gasteiger partial charge on any atom is 0.412 e. The van der Waals surface area contributed by atoms with E-state index < -0.39 is 18.2 Å². The van der Waals surface area contributed by atoms with Gasteiger partial charge in [0.25, 0.3) is 0 Å². The van der Waals surface area contributed by atoms with Crippen molar-refractivity contribution in [3.05, 3.63) is 33.8 Å². The first kappa shape index (κ1) is 27.3. The van der Waals surface area contributed by atoms with Gasteiger partial charge < -0.3 is 14.2 Å². The molecule has 1 aromatic carbocycles. The predicted octanol–water partition coefficient (Wildman–Crippen LogP) is 7.71. The van der Waals surface area contributed by atoms with Crippen molar-refractivity contribution in [3.63, 3.8) is 0 Å². The number of allylic oxidation sites excluding steroid dienone is 1. The van der Waals surface area contributed by atoms with E-state index in [-0.39, 0.29) is 16.8 Å². The lowest BCUT2D eigenvalue weighted by atomic mass is 9.97. The van der Waals surface area contributed by atoms with Gasteiger partial charge in [-0.25, -0.2) is 9.59 Å². The van der Waals surface area contributed by atoms with Gasteiger partial charge in [0.1, 0.15) is 5.75 Å². The van der Waals surface area contributed by atoms with Gasteiger partial charge in [-0.3, -0.25) is 5.32 Å². The average Bonchev–Trinajstić information content (AvgIpc) is 2.75. The minimum Gasteiger partial charge on any atom is -0.489 e. The number of amides is 1. The van der Waals surface area contributed by atoms with Gasteiger partial charge >= 0.3 is 12.1 Å². The van der Waals surface area contributed by atoms with E-state index in [9.17, 15) is 9.59 Å². The van der Waals surface area contributed by atoms with E-state index in [4.69, 9.17) is 37.4 Å². The molecule has 1 unspecified atom stereocenters. The molecule has 1 N–H and O–H groups in total. The van der Waals surface area contributed by atoms with Gasteiger partial charge in [-0.2, -0.15) is 0 Å². The smallest absolute Gasteiger partial charge is 0.412 e. The Bertz CT molecular complexity index is 825. The van der Waals surface area contributed by atoms with Crippen LogP contribution >= 0.6 is 23.2 Å². The molecule has 1 aliphatic rings. The van der Waals surface area contributed by atoms with Crippen molar-refractivity contribution in [2.24, 2.45) is 0 Å². The molecule has 1 atom stereocenters. The van der Waals surface area contributed by atoms with Crippen molar-refractivity contribution < 1.29 is 23.8 Å². The Kier molecular flexibility index (Phi) is 11.9. The molecule has 0 spiro atoms. The number of esters is 1. The number of methoxy groups -OCH3 is 1. The summed E-state index contributed by atoms with van der Waals surface area (Å²) in [4.78, 5) is 25.3. The lowest BCUT2D eigenvalue weighted by molar-refractivity contribution is -0.148. The van der Waals surface area contributed by atoms with E-state index >= 15 is 0 Å². The van der Waals surface area contributed by atoms with E-state index in [2.05, 4.69) is 5.32 Å². The molecule has 0 aromatic heterocycles. The zero-order valence-corrected chi connectivity index (χ0v) is 21.3.